The van der Waals surface area contributed by atoms with E-state index in [0.29, 0.717) is 22.7 Å². The molecule has 2 amide bonds. The minimum absolute atomic E-state index is 0.157. The third-order valence-corrected chi connectivity index (χ3v) is 5.47. The van der Waals surface area contributed by atoms with Crippen molar-refractivity contribution in [2.24, 2.45) is 0 Å². The summed E-state index contributed by atoms with van der Waals surface area (Å²) in [5.41, 5.74) is 2.54. The molecule has 1 aliphatic rings. The molecule has 7 heteroatoms. The molecule has 0 aromatic heterocycles. The van der Waals surface area contributed by atoms with Gasteiger partial charge in [-0.15, -0.1) is 0 Å². The summed E-state index contributed by atoms with van der Waals surface area (Å²) in [5, 5.41) is 12.4. The van der Waals surface area contributed by atoms with E-state index >= 15 is 0 Å². The third kappa shape index (κ3) is 4.44. The Hall–Kier alpha value is -3.64. The molecule has 1 aliphatic heterocycles. The number of nitrogens with zero attached hydrogens (tertiary/aromatic N) is 1. The number of amides is 2. The maximum atomic E-state index is 13.5. The lowest BCUT2D eigenvalue weighted by Crippen LogP contribution is -2.46. The van der Waals surface area contributed by atoms with E-state index in [0.717, 1.165) is 11.1 Å². The SMILES string of the molecule is O=C(O)c1ccc(CN2C(=O)c3ccc(Cl)cc3NC(=O)C2Cc2ccccc2)cc1. The maximum Gasteiger partial charge on any atom is 0.335 e. The zero-order valence-corrected chi connectivity index (χ0v) is 17.2. The van der Waals surface area contributed by atoms with E-state index in [4.69, 9.17) is 16.7 Å². The summed E-state index contributed by atoms with van der Waals surface area (Å²) in [6.07, 6.45) is 0.341. The maximum absolute atomic E-state index is 13.5. The Labute approximate surface area is 184 Å². The van der Waals surface area contributed by atoms with Crippen LogP contribution in [0.25, 0.3) is 0 Å². The van der Waals surface area contributed by atoms with Gasteiger partial charge in [0.25, 0.3) is 5.91 Å². The molecule has 0 saturated carbocycles. The Kier molecular flexibility index (Phi) is 5.73. The molecular weight excluding hydrogens is 416 g/mol. The summed E-state index contributed by atoms with van der Waals surface area (Å²) < 4.78 is 0. The summed E-state index contributed by atoms with van der Waals surface area (Å²) in [7, 11) is 0. The highest BCUT2D eigenvalue weighted by Gasteiger charge is 2.35. The van der Waals surface area contributed by atoms with E-state index < -0.39 is 12.0 Å². The Morgan fingerprint density at radius 1 is 0.968 bits per heavy atom. The molecular formula is C24H19ClN2O4. The van der Waals surface area contributed by atoms with E-state index in [-0.39, 0.29) is 23.9 Å². The quantitative estimate of drug-likeness (QED) is 0.628. The number of hydrogen-bond donors (Lipinski definition) is 2. The number of rotatable bonds is 5. The number of carbonyl (C=O) groups is 3. The summed E-state index contributed by atoms with van der Waals surface area (Å²) in [5.74, 6) is -1.63. The number of nitrogens with one attached hydrogen (secondary N) is 1. The lowest BCUT2D eigenvalue weighted by molar-refractivity contribution is -0.120. The van der Waals surface area contributed by atoms with E-state index in [1.807, 2.05) is 30.3 Å². The van der Waals surface area contributed by atoms with E-state index in [1.165, 1.54) is 17.0 Å². The van der Waals surface area contributed by atoms with Gasteiger partial charge < -0.3 is 15.3 Å². The molecule has 4 rings (SSSR count). The van der Waals surface area contributed by atoms with Crippen LogP contribution in [0.3, 0.4) is 0 Å². The number of hydrogen-bond acceptors (Lipinski definition) is 3. The number of carboxylic acids is 1. The van der Waals surface area contributed by atoms with Gasteiger partial charge in [0.2, 0.25) is 5.91 Å². The fourth-order valence-electron chi connectivity index (χ4n) is 3.63. The van der Waals surface area contributed by atoms with Crippen molar-refractivity contribution < 1.29 is 19.5 Å². The number of carboxylic acid groups (broad SMARTS) is 1. The highest BCUT2D eigenvalue weighted by molar-refractivity contribution is 6.31. The lowest BCUT2D eigenvalue weighted by Gasteiger charge is -2.29. The van der Waals surface area contributed by atoms with Gasteiger partial charge in [-0.2, -0.15) is 0 Å². The molecule has 1 heterocycles. The van der Waals surface area contributed by atoms with Crippen molar-refractivity contribution in [1.29, 1.82) is 0 Å². The molecule has 2 N–H and O–H groups in total. The fourth-order valence-corrected chi connectivity index (χ4v) is 3.80. The second-order valence-corrected chi connectivity index (χ2v) is 7.76. The number of benzene rings is 3. The Morgan fingerprint density at radius 2 is 1.68 bits per heavy atom. The number of carbonyl (C=O) groups excluding carboxylic acids is 2. The largest absolute Gasteiger partial charge is 0.478 e. The van der Waals surface area contributed by atoms with Crippen molar-refractivity contribution in [1.82, 2.24) is 4.90 Å². The Bertz CT molecular complexity index is 1150. The minimum Gasteiger partial charge on any atom is -0.478 e. The Balaban J connectivity index is 1.73. The zero-order chi connectivity index (χ0) is 22.0. The lowest BCUT2D eigenvalue weighted by atomic mass is 10.0. The third-order valence-electron chi connectivity index (χ3n) is 5.24. The molecule has 0 radical (unpaired) electrons. The second kappa shape index (κ2) is 8.62. The molecule has 1 atom stereocenters. The topological polar surface area (TPSA) is 86.7 Å². The number of anilines is 1. The molecule has 0 spiro atoms. The van der Waals surface area contributed by atoms with Gasteiger partial charge in [-0.1, -0.05) is 54.1 Å². The van der Waals surface area contributed by atoms with Crippen LogP contribution < -0.4 is 5.32 Å². The molecule has 3 aromatic rings. The highest BCUT2D eigenvalue weighted by atomic mass is 35.5. The standard InChI is InChI=1S/C24H19ClN2O4/c25-18-10-11-19-20(13-18)26-22(28)21(12-15-4-2-1-3-5-15)27(23(19)29)14-16-6-8-17(9-7-16)24(30)31/h1-11,13,21H,12,14H2,(H,26,28)(H,30,31). The van der Waals surface area contributed by atoms with Crippen LogP contribution in [0.2, 0.25) is 5.02 Å². The van der Waals surface area contributed by atoms with Gasteiger partial charge in [0.1, 0.15) is 6.04 Å². The first-order chi connectivity index (χ1) is 14.9. The van der Waals surface area contributed by atoms with Crippen LogP contribution in [0.5, 0.6) is 0 Å². The Morgan fingerprint density at radius 3 is 2.35 bits per heavy atom. The summed E-state index contributed by atoms with van der Waals surface area (Å²) in [4.78, 5) is 39.3. The van der Waals surface area contributed by atoms with Crippen molar-refractivity contribution in [3.63, 3.8) is 0 Å². The first kappa shape index (κ1) is 20.6. The van der Waals surface area contributed by atoms with Crippen molar-refractivity contribution in [2.75, 3.05) is 5.32 Å². The van der Waals surface area contributed by atoms with Crippen LogP contribution >= 0.6 is 11.6 Å². The normalized spacial score (nSPS) is 15.8. The van der Waals surface area contributed by atoms with E-state index in [2.05, 4.69) is 5.32 Å². The van der Waals surface area contributed by atoms with E-state index in [9.17, 15) is 14.4 Å². The summed E-state index contributed by atoms with van der Waals surface area (Å²) >= 11 is 6.07. The molecule has 0 bridgehead atoms. The first-order valence-electron chi connectivity index (χ1n) is 9.70. The molecule has 31 heavy (non-hydrogen) atoms. The fraction of sp³-hybridized carbons (Fsp3) is 0.125. The van der Waals surface area contributed by atoms with Gasteiger partial charge in [-0.05, 0) is 41.5 Å². The predicted molar refractivity (Wildman–Crippen MR) is 117 cm³/mol. The zero-order valence-electron chi connectivity index (χ0n) is 16.4. The van der Waals surface area contributed by atoms with E-state index in [1.54, 1.807) is 30.3 Å². The van der Waals surface area contributed by atoms with Gasteiger partial charge in [-0.3, -0.25) is 9.59 Å². The average molecular weight is 435 g/mol. The van der Waals surface area contributed by atoms with Crippen LogP contribution in [0, 0.1) is 0 Å². The van der Waals surface area contributed by atoms with Gasteiger partial charge in [0, 0.05) is 18.0 Å². The smallest absolute Gasteiger partial charge is 0.335 e. The molecule has 156 valence electrons. The molecule has 6 nitrogen and oxygen atoms in total. The highest BCUT2D eigenvalue weighted by Crippen LogP contribution is 2.28. The van der Waals surface area contributed by atoms with Crippen LogP contribution in [-0.2, 0) is 17.8 Å². The monoisotopic (exact) mass is 434 g/mol. The van der Waals surface area contributed by atoms with Crippen molar-refractivity contribution in [3.05, 3.63) is 100 Å². The minimum atomic E-state index is -1.02. The van der Waals surface area contributed by atoms with Crippen LogP contribution in [0.1, 0.15) is 31.8 Å². The average Bonchev–Trinajstić information content (AvgIpc) is 2.85. The molecule has 3 aromatic carbocycles. The predicted octanol–water partition coefficient (Wildman–Crippen LogP) is 4.24. The van der Waals surface area contributed by atoms with Crippen LogP contribution in [0.15, 0.2) is 72.8 Å². The van der Waals surface area contributed by atoms with Gasteiger partial charge >= 0.3 is 5.97 Å². The van der Waals surface area contributed by atoms with Crippen molar-refractivity contribution >= 4 is 35.1 Å². The summed E-state index contributed by atoms with van der Waals surface area (Å²) in [6.45, 7) is 0.158. The van der Waals surface area contributed by atoms with Crippen molar-refractivity contribution in [3.8, 4) is 0 Å². The number of fused-ring (bicyclic) bond motifs is 1. The van der Waals surface area contributed by atoms with Crippen LogP contribution in [-0.4, -0.2) is 33.8 Å². The van der Waals surface area contributed by atoms with Crippen molar-refractivity contribution in [2.45, 2.75) is 19.0 Å². The van der Waals surface area contributed by atoms with Gasteiger partial charge in [-0.25, -0.2) is 4.79 Å². The van der Waals surface area contributed by atoms with Gasteiger partial charge in [0.15, 0.2) is 0 Å². The molecule has 0 aliphatic carbocycles. The first-order valence-corrected chi connectivity index (χ1v) is 10.1. The number of aromatic carboxylic acids is 1. The van der Waals surface area contributed by atoms with Gasteiger partial charge in [0.05, 0.1) is 16.8 Å². The number of halogens is 1. The molecule has 0 saturated heterocycles. The summed E-state index contributed by atoms with van der Waals surface area (Å²) in [6, 6.07) is 19.8. The molecule has 0 fully saturated rings. The second-order valence-electron chi connectivity index (χ2n) is 7.32. The molecule has 1 unspecified atom stereocenters. The van der Waals surface area contributed by atoms with Crippen LogP contribution in [0.4, 0.5) is 5.69 Å².